The predicted molar refractivity (Wildman–Crippen MR) is 66.6 cm³/mol. The van der Waals surface area contributed by atoms with Gasteiger partial charge in [-0.25, -0.2) is 4.79 Å². The van der Waals surface area contributed by atoms with Crippen molar-refractivity contribution in [2.45, 2.75) is 32.5 Å². The van der Waals surface area contributed by atoms with Gasteiger partial charge in [0.1, 0.15) is 0 Å². The number of β-amino-alcohol motifs (C(OH)–C–C–N with tert-alkyl or cyclic N) is 2. The molecule has 19 heavy (non-hydrogen) atoms. The van der Waals surface area contributed by atoms with E-state index in [1.54, 1.807) is 13.8 Å². The van der Waals surface area contributed by atoms with E-state index in [1.807, 2.05) is 0 Å². The zero-order valence-corrected chi connectivity index (χ0v) is 10.9. The molecule has 1 aromatic heterocycles. The zero-order chi connectivity index (χ0) is 14.2. The quantitative estimate of drug-likeness (QED) is 0.604. The maximum Gasteiger partial charge on any atom is 0.345 e. The molecule has 0 radical (unpaired) electrons. The molecule has 7 heteroatoms. The molecule has 7 nitrogen and oxygen atoms in total. The van der Waals surface area contributed by atoms with Crippen LogP contribution in [0.1, 0.15) is 17.0 Å². The van der Waals surface area contributed by atoms with Crippen molar-refractivity contribution < 1.29 is 15.0 Å². The minimum atomic E-state index is -0.889. The van der Waals surface area contributed by atoms with Crippen LogP contribution in [0.2, 0.25) is 0 Å². The molecule has 2 rings (SSSR count). The van der Waals surface area contributed by atoms with E-state index < -0.39 is 17.9 Å². The molecule has 1 aliphatic heterocycles. The first-order chi connectivity index (χ1) is 8.88. The smallest absolute Gasteiger partial charge is 0.345 e. The van der Waals surface area contributed by atoms with E-state index in [1.165, 1.54) is 4.90 Å². The van der Waals surface area contributed by atoms with Gasteiger partial charge in [0, 0.05) is 30.0 Å². The number of H-pyrrole nitrogens is 1. The molecule has 0 aromatic carbocycles. The molecule has 0 unspecified atom stereocenters. The highest BCUT2D eigenvalue weighted by molar-refractivity contribution is 5.79. The summed E-state index contributed by atoms with van der Waals surface area (Å²) in [5.74, 6) is -0.198. The lowest BCUT2D eigenvalue weighted by Gasteiger charge is -2.16. The number of hydrogen-bond donors (Lipinski definition) is 3. The van der Waals surface area contributed by atoms with Crippen molar-refractivity contribution >= 4 is 5.91 Å². The Kier molecular flexibility index (Phi) is 3.68. The van der Waals surface area contributed by atoms with Crippen LogP contribution in [0.4, 0.5) is 0 Å². The van der Waals surface area contributed by atoms with Crippen molar-refractivity contribution in [1.82, 2.24) is 14.9 Å². The number of carbonyl (C=O) groups excluding carboxylic acids is 1. The number of nitrogens with zero attached hydrogens (tertiary/aromatic N) is 2. The third-order valence-corrected chi connectivity index (χ3v) is 3.39. The number of aliphatic hydroxyl groups excluding tert-OH is 2. The number of rotatable bonds is 2. The first kappa shape index (κ1) is 13.7. The molecule has 1 aliphatic rings. The van der Waals surface area contributed by atoms with Gasteiger partial charge in [0.2, 0.25) is 5.91 Å². The molecule has 0 spiro atoms. The highest BCUT2D eigenvalue weighted by Gasteiger charge is 2.32. The Labute approximate surface area is 109 Å². The topological polar surface area (TPSA) is 107 Å². The molecule has 104 valence electrons. The van der Waals surface area contributed by atoms with Crippen molar-refractivity contribution in [3.63, 3.8) is 0 Å². The molecule has 1 aromatic rings. The molecule has 2 heterocycles. The van der Waals surface area contributed by atoms with E-state index in [0.717, 1.165) is 0 Å². The summed E-state index contributed by atoms with van der Waals surface area (Å²) in [7, 11) is 0. The van der Waals surface area contributed by atoms with Crippen LogP contribution in [0.5, 0.6) is 0 Å². The van der Waals surface area contributed by atoms with Gasteiger partial charge in [-0.1, -0.05) is 0 Å². The summed E-state index contributed by atoms with van der Waals surface area (Å²) in [6.45, 7) is 3.66. The minimum absolute atomic E-state index is 0.0981. The van der Waals surface area contributed by atoms with Crippen LogP contribution in [0.25, 0.3) is 0 Å². The van der Waals surface area contributed by atoms with Gasteiger partial charge in [-0.3, -0.25) is 4.79 Å². The Morgan fingerprint density at radius 2 is 1.95 bits per heavy atom. The number of aliphatic hydroxyl groups is 2. The Hall–Kier alpha value is -1.73. The third kappa shape index (κ3) is 2.82. The second kappa shape index (κ2) is 5.10. The SMILES string of the molecule is Cc1nc(=O)[nH]c(C)c1CC(=O)N1C[C@@H](O)[C@@H](O)C1. The van der Waals surface area contributed by atoms with Crippen LogP contribution < -0.4 is 5.69 Å². The zero-order valence-electron chi connectivity index (χ0n) is 10.9. The second-order valence-electron chi connectivity index (χ2n) is 4.84. The van der Waals surface area contributed by atoms with Gasteiger partial charge in [-0.05, 0) is 13.8 Å². The Morgan fingerprint density at radius 1 is 1.37 bits per heavy atom. The number of aromatic amines is 1. The van der Waals surface area contributed by atoms with Gasteiger partial charge in [0.05, 0.1) is 18.6 Å². The van der Waals surface area contributed by atoms with Crippen molar-refractivity contribution in [2.75, 3.05) is 13.1 Å². The summed E-state index contributed by atoms with van der Waals surface area (Å²) in [6.07, 6.45) is -1.68. The lowest BCUT2D eigenvalue weighted by atomic mass is 10.1. The summed E-state index contributed by atoms with van der Waals surface area (Å²) in [5.41, 5.74) is 1.39. The molecule has 3 N–H and O–H groups in total. The van der Waals surface area contributed by atoms with E-state index in [9.17, 15) is 19.8 Å². The van der Waals surface area contributed by atoms with E-state index in [4.69, 9.17) is 0 Å². The average Bonchev–Trinajstić information content (AvgIpc) is 2.64. The summed E-state index contributed by atoms with van der Waals surface area (Å²) in [6, 6.07) is 0. The minimum Gasteiger partial charge on any atom is -0.388 e. The fraction of sp³-hybridized carbons (Fsp3) is 0.583. The van der Waals surface area contributed by atoms with E-state index in [0.29, 0.717) is 17.0 Å². The fourth-order valence-electron chi connectivity index (χ4n) is 2.25. The Balaban J connectivity index is 2.14. The second-order valence-corrected chi connectivity index (χ2v) is 4.84. The summed E-state index contributed by atoms with van der Waals surface area (Å²) < 4.78 is 0. The molecular formula is C12H17N3O4. The van der Waals surface area contributed by atoms with E-state index in [2.05, 4.69) is 9.97 Å². The highest BCUT2D eigenvalue weighted by Crippen LogP contribution is 2.14. The number of likely N-dealkylation sites (tertiary alicyclic amines) is 1. The maximum atomic E-state index is 12.1. The van der Waals surface area contributed by atoms with Crippen LogP contribution in [0.3, 0.4) is 0 Å². The van der Waals surface area contributed by atoms with Crippen LogP contribution >= 0.6 is 0 Å². The molecule has 1 saturated heterocycles. The number of amides is 1. The van der Waals surface area contributed by atoms with Crippen LogP contribution in [-0.4, -0.2) is 56.3 Å². The summed E-state index contributed by atoms with van der Waals surface area (Å²) in [4.78, 5) is 31.0. The molecule has 0 bridgehead atoms. The molecular weight excluding hydrogens is 250 g/mol. The van der Waals surface area contributed by atoms with Gasteiger partial charge in [-0.2, -0.15) is 4.98 Å². The Bertz CT molecular complexity index is 518. The molecule has 1 fully saturated rings. The van der Waals surface area contributed by atoms with Gasteiger partial charge < -0.3 is 20.1 Å². The van der Waals surface area contributed by atoms with Crippen LogP contribution in [-0.2, 0) is 11.2 Å². The average molecular weight is 267 g/mol. The number of hydrogen-bond acceptors (Lipinski definition) is 5. The van der Waals surface area contributed by atoms with Gasteiger partial charge in [0.25, 0.3) is 0 Å². The van der Waals surface area contributed by atoms with E-state index >= 15 is 0 Å². The van der Waals surface area contributed by atoms with Crippen LogP contribution in [0, 0.1) is 13.8 Å². The lowest BCUT2D eigenvalue weighted by molar-refractivity contribution is -0.130. The fourth-order valence-corrected chi connectivity index (χ4v) is 2.25. The first-order valence-corrected chi connectivity index (χ1v) is 6.08. The number of aromatic nitrogens is 2. The summed E-state index contributed by atoms with van der Waals surface area (Å²) in [5, 5.41) is 18.8. The lowest BCUT2D eigenvalue weighted by Crippen LogP contribution is -2.32. The molecule has 1 amide bonds. The van der Waals surface area contributed by atoms with E-state index in [-0.39, 0.29) is 25.4 Å². The molecule has 0 aliphatic carbocycles. The van der Waals surface area contributed by atoms with Crippen molar-refractivity contribution in [3.8, 4) is 0 Å². The number of aryl methyl sites for hydroxylation is 2. The standard InChI is InChI=1S/C12H17N3O4/c1-6-8(7(2)14-12(19)13-6)3-11(18)15-4-9(16)10(17)5-15/h9-10,16-17H,3-5H2,1-2H3,(H,13,14,19)/t9-,10+. The third-order valence-electron chi connectivity index (χ3n) is 3.39. The largest absolute Gasteiger partial charge is 0.388 e. The van der Waals surface area contributed by atoms with Gasteiger partial charge in [-0.15, -0.1) is 0 Å². The monoisotopic (exact) mass is 267 g/mol. The van der Waals surface area contributed by atoms with Crippen molar-refractivity contribution in [1.29, 1.82) is 0 Å². The summed E-state index contributed by atoms with van der Waals surface area (Å²) >= 11 is 0. The predicted octanol–water partition coefficient (Wildman–Crippen LogP) is -1.51. The van der Waals surface area contributed by atoms with Gasteiger partial charge >= 0.3 is 5.69 Å². The molecule has 0 saturated carbocycles. The van der Waals surface area contributed by atoms with Crippen molar-refractivity contribution in [2.24, 2.45) is 0 Å². The van der Waals surface area contributed by atoms with Crippen LogP contribution in [0.15, 0.2) is 4.79 Å². The van der Waals surface area contributed by atoms with Crippen molar-refractivity contribution in [3.05, 3.63) is 27.4 Å². The number of nitrogens with one attached hydrogen (secondary N) is 1. The maximum absolute atomic E-state index is 12.1. The Morgan fingerprint density at radius 3 is 2.47 bits per heavy atom. The number of carbonyl (C=O) groups is 1. The highest BCUT2D eigenvalue weighted by atomic mass is 16.3. The molecule has 2 atom stereocenters. The normalized spacial score (nSPS) is 22.8. The van der Waals surface area contributed by atoms with Gasteiger partial charge in [0.15, 0.2) is 0 Å². The first-order valence-electron chi connectivity index (χ1n) is 6.08.